The Hall–Kier alpha value is -0.590. The first kappa shape index (κ1) is 15.5. The van der Waals surface area contributed by atoms with Gasteiger partial charge >= 0.3 is 0 Å². The van der Waals surface area contributed by atoms with E-state index in [2.05, 4.69) is 11.9 Å². The van der Waals surface area contributed by atoms with Crippen LogP contribution in [0.15, 0.2) is 5.38 Å². The summed E-state index contributed by atoms with van der Waals surface area (Å²) in [4.78, 5) is 4.41. The summed E-state index contributed by atoms with van der Waals surface area (Å²) >= 11 is 1.51. The fourth-order valence-corrected chi connectivity index (χ4v) is 2.36. The van der Waals surface area contributed by atoms with Crippen molar-refractivity contribution in [2.75, 3.05) is 13.2 Å². The number of nitrogens with two attached hydrogens (primary N) is 1. The molecule has 1 rings (SSSR count). The summed E-state index contributed by atoms with van der Waals surface area (Å²) in [6.45, 7) is 1.90. The third kappa shape index (κ3) is 5.84. The van der Waals surface area contributed by atoms with Crippen molar-refractivity contribution < 1.29 is 13.5 Å². The summed E-state index contributed by atoms with van der Waals surface area (Å²) in [6.07, 6.45) is 1.30. The van der Waals surface area contributed by atoms with Gasteiger partial charge in [-0.2, -0.15) is 0 Å². The average Bonchev–Trinajstić information content (AvgIpc) is 2.80. The van der Waals surface area contributed by atoms with Gasteiger partial charge in [-0.25, -0.2) is 13.8 Å². The van der Waals surface area contributed by atoms with Crippen LogP contribution in [0.25, 0.3) is 0 Å². The Labute approximate surface area is 110 Å². The highest BCUT2D eigenvalue weighted by atomic mass is 32.1. The van der Waals surface area contributed by atoms with Crippen LogP contribution in [0.5, 0.6) is 0 Å². The molecule has 1 unspecified atom stereocenters. The lowest BCUT2D eigenvalue weighted by Gasteiger charge is -2.06. The minimum atomic E-state index is -2.40. The Morgan fingerprint density at radius 1 is 1.50 bits per heavy atom. The zero-order valence-electron chi connectivity index (χ0n) is 10.6. The van der Waals surface area contributed by atoms with Gasteiger partial charge in [0.1, 0.15) is 6.61 Å². The van der Waals surface area contributed by atoms with E-state index in [1.54, 1.807) is 0 Å². The van der Waals surface area contributed by atoms with Gasteiger partial charge in [0.05, 0.1) is 17.3 Å². The zero-order chi connectivity index (χ0) is 13.4. The topological polar surface area (TPSA) is 48.1 Å². The maximum atomic E-state index is 11.8. The number of hydrogen-bond acceptors (Lipinski definition) is 4. The molecule has 0 aliphatic carbocycles. The predicted octanol–water partition coefficient (Wildman–Crippen LogP) is 3.16. The van der Waals surface area contributed by atoms with Crippen LogP contribution in [-0.2, 0) is 11.2 Å². The maximum Gasteiger partial charge on any atom is 0.261 e. The molecule has 1 atom stereocenters. The molecule has 0 aliphatic rings. The lowest BCUT2D eigenvalue weighted by molar-refractivity contribution is 0.0187. The van der Waals surface area contributed by atoms with Crippen LogP contribution >= 0.6 is 11.3 Å². The minimum absolute atomic E-state index is 0.0167. The van der Waals surface area contributed by atoms with Crippen molar-refractivity contribution in [3.05, 3.63) is 16.1 Å². The van der Waals surface area contributed by atoms with Gasteiger partial charge in [0.2, 0.25) is 0 Å². The number of ether oxygens (including phenoxy) is 1. The van der Waals surface area contributed by atoms with Gasteiger partial charge in [-0.05, 0) is 6.42 Å². The Morgan fingerprint density at radius 3 is 2.94 bits per heavy atom. The van der Waals surface area contributed by atoms with Gasteiger partial charge in [-0.15, -0.1) is 11.3 Å². The molecule has 0 bridgehead atoms. The molecule has 0 amide bonds. The van der Waals surface area contributed by atoms with Gasteiger partial charge in [0.25, 0.3) is 6.43 Å². The zero-order valence-corrected chi connectivity index (χ0v) is 11.4. The van der Waals surface area contributed by atoms with Gasteiger partial charge < -0.3 is 10.5 Å². The molecule has 104 valence electrons. The summed E-state index contributed by atoms with van der Waals surface area (Å²) in [5, 5.41) is 2.84. The summed E-state index contributed by atoms with van der Waals surface area (Å²) in [5.74, 6) is 0. The summed E-state index contributed by atoms with van der Waals surface area (Å²) in [7, 11) is 0. The molecule has 6 heteroatoms. The Kier molecular flexibility index (Phi) is 7.31. The van der Waals surface area contributed by atoms with Crippen LogP contribution < -0.4 is 5.73 Å². The van der Waals surface area contributed by atoms with E-state index in [-0.39, 0.29) is 12.6 Å². The molecule has 0 saturated heterocycles. The average molecular weight is 278 g/mol. The normalized spacial score (nSPS) is 13.2. The van der Waals surface area contributed by atoms with E-state index < -0.39 is 13.0 Å². The molecule has 2 N–H and O–H groups in total. The van der Waals surface area contributed by atoms with E-state index in [9.17, 15) is 8.78 Å². The molecule has 18 heavy (non-hydrogen) atoms. The molecule has 0 saturated carbocycles. The molecule has 0 aromatic carbocycles. The van der Waals surface area contributed by atoms with Crippen molar-refractivity contribution in [1.29, 1.82) is 0 Å². The van der Waals surface area contributed by atoms with E-state index in [4.69, 9.17) is 10.5 Å². The Morgan fingerprint density at radius 2 is 2.28 bits per heavy atom. The standard InChI is InChI=1S/C12H20F2N2OS/c1-2-3-4-9(15)10-8-18-12(16-10)5-6-17-7-11(13)14/h8-9,11H,2-7,15H2,1H3. The molecule has 0 aliphatic heterocycles. The summed E-state index contributed by atoms with van der Waals surface area (Å²) < 4.78 is 28.5. The predicted molar refractivity (Wildman–Crippen MR) is 69.1 cm³/mol. The van der Waals surface area contributed by atoms with Gasteiger partial charge in [-0.1, -0.05) is 19.8 Å². The number of unbranched alkanes of at least 4 members (excludes halogenated alkanes) is 1. The highest BCUT2D eigenvalue weighted by molar-refractivity contribution is 7.09. The van der Waals surface area contributed by atoms with Crippen LogP contribution in [0.3, 0.4) is 0 Å². The number of rotatable bonds is 9. The quantitative estimate of drug-likeness (QED) is 0.706. The molecular formula is C12H20F2N2OS. The SMILES string of the molecule is CCCCC(N)c1csc(CCOCC(F)F)n1. The third-order valence-electron chi connectivity index (χ3n) is 2.52. The molecular weight excluding hydrogens is 258 g/mol. The van der Waals surface area contributed by atoms with E-state index in [1.165, 1.54) is 11.3 Å². The number of alkyl halides is 2. The Bertz CT molecular complexity index is 334. The van der Waals surface area contributed by atoms with Crippen LogP contribution in [0.2, 0.25) is 0 Å². The van der Waals surface area contributed by atoms with Crippen molar-refractivity contribution in [2.24, 2.45) is 5.73 Å². The first-order valence-corrected chi connectivity index (χ1v) is 7.07. The number of halogens is 2. The van der Waals surface area contributed by atoms with Gasteiger partial charge in [-0.3, -0.25) is 0 Å². The second-order valence-electron chi connectivity index (χ2n) is 4.13. The number of hydrogen-bond donors (Lipinski definition) is 1. The highest BCUT2D eigenvalue weighted by Gasteiger charge is 2.10. The first-order valence-electron chi connectivity index (χ1n) is 6.19. The van der Waals surface area contributed by atoms with E-state index in [0.717, 1.165) is 30.0 Å². The largest absolute Gasteiger partial charge is 0.375 e. The van der Waals surface area contributed by atoms with Gasteiger partial charge in [0, 0.05) is 17.8 Å². The highest BCUT2D eigenvalue weighted by Crippen LogP contribution is 2.19. The lowest BCUT2D eigenvalue weighted by Crippen LogP contribution is -2.11. The van der Waals surface area contributed by atoms with Crippen LogP contribution in [0.4, 0.5) is 8.78 Å². The molecule has 0 spiro atoms. The molecule has 1 aromatic rings. The van der Waals surface area contributed by atoms with E-state index in [0.29, 0.717) is 6.42 Å². The maximum absolute atomic E-state index is 11.8. The number of aromatic nitrogens is 1. The van der Waals surface area contributed by atoms with Crippen LogP contribution in [0, 0.1) is 0 Å². The van der Waals surface area contributed by atoms with Crippen molar-refractivity contribution in [1.82, 2.24) is 4.98 Å². The summed E-state index contributed by atoms with van der Waals surface area (Å²) in [5.41, 5.74) is 6.90. The van der Waals surface area contributed by atoms with E-state index >= 15 is 0 Å². The number of thiazole rings is 1. The molecule has 1 heterocycles. The first-order chi connectivity index (χ1) is 8.63. The Balaban J connectivity index is 2.29. The number of nitrogens with zero attached hydrogens (tertiary/aromatic N) is 1. The van der Waals surface area contributed by atoms with Gasteiger partial charge in [0.15, 0.2) is 0 Å². The molecule has 3 nitrogen and oxygen atoms in total. The van der Waals surface area contributed by atoms with Crippen molar-refractivity contribution in [2.45, 2.75) is 45.1 Å². The molecule has 1 aromatic heterocycles. The van der Waals surface area contributed by atoms with Crippen LogP contribution in [0.1, 0.15) is 42.9 Å². The van der Waals surface area contributed by atoms with Crippen molar-refractivity contribution >= 4 is 11.3 Å². The lowest BCUT2D eigenvalue weighted by atomic mass is 10.1. The minimum Gasteiger partial charge on any atom is -0.375 e. The monoisotopic (exact) mass is 278 g/mol. The van der Waals surface area contributed by atoms with E-state index in [1.807, 2.05) is 5.38 Å². The van der Waals surface area contributed by atoms with Crippen molar-refractivity contribution in [3.63, 3.8) is 0 Å². The second-order valence-corrected chi connectivity index (χ2v) is 5.07. The summed E-state index contributed by atoms with van der Waals surface area (Å²) in [6, 6.07) is -0.0167. The smallest absolute Gasteiger partial charge is 0.261 e. The van der Waals surface area contributed by atoms with Crippen LogP contribution in [-0.4, -0.2) is 24.6 Å². The molecule has 0 radical (unpaired) electrons. The third-order valence-corrected chi connectivity index (χ3v) is 3.45. The second kappa shape index (κ2) is 8.50. The van der Waals surface area contributed by atoms with Crippen molar-refractivity contribution in [3.8, 4) is 0 Å². The molecule has 0 fully saturated rings. The fraction of sp³-hybridized carbons (Fsp3) is 0.750. The fourth-order valence-electron chi connectivity index (χ4n) is 1.51.